The zero-order chi connectivity index (χ0) is 27.8. The number of phosphoric acid groups is 1. The van der Waals surface area contributed by atoms with Crippen LogP contribution in [0.25, 0.3) is 0 Å². The van der Waals surface area contributed by atoms with Gasteiger partial charge in [-0.3, -0.25) is 4.79 Å². The van der Waals surface area contributed by atoms with Crippen molar-refractivity contribution in [2.75, 3.05) is 0 Å². The first-order chi connectivity index (χ1) is 16.8. The third-order valence-electron chi connectivity index (χ3n) is 10.7. The molecule has 3 saturated carbocycles. The van der Waals surface area contributed by atoms with Crippen molar-refractivity contribution in [1.82, 2.24) is 0 Å². The molecule has 0 spiro atoms. The second kappa shape index (κ2) is 9.48. The Morgan fingerprint density at radius 3 is 2.41 bits per heavy atom. The summed E-state index contributed by atoms with van der Waals surface area (Å²) in [6.07, 6.45) is 1.97. The Bertz CT molecular complexity index is 985. The number of ketones is 1. The zero-order valence-corrected chi connectivity index (χ0v) is 23.4. The van der Waals surface area contributed by atoms with E-state index in [1.807, 2.05) is 20.8 Å². The van der Waals surface area contributed by atoms with E-state index in [0.717, 1.165) is 0 Å². The lowest BCUT2D eigenvalue weighted by molar-refractivity contribution is -0.346. The summed E-state index contributed by atoms with van der Waals surface area (Å²) < 4.78 is 16.6. The summed E-state index contributed by atoms with van der Waals surface area (Å²) in [5, 5.41) is 43.2. The molecule has 0 amide bonds. The Labute approximate surface area is 219 Å². The Morgan fingerprint density at radius 2 is 1.81 bits per heavy atom. The van der Waals surface area contributed by atoms with Gasteiger partial charge in [-0.25, -0.2) is 0 Å². The Morgan fingerprint density at radius 1 is 1.16 bits per heavy atom. The van der Waals surface area contributed by atoms with E-state index < -0.39 is 60.0 Å². The smallest absolute Gasteiger partial charge is 0.159 e. The van der Waals surface area contributed by atoms with E-state index in [9.17, 15) is 39.6 Å². The van der Waals surface area contributed by atoms with E-state index in [2.05, 4.69) is 0 Å². The minimum absolute atomic E-state index is 0.116. The molecular weight excluding hydrogens is 499 g/mol. The topological polar surface area (TPSA) is 170 Å². The monoisotopic (exact) mass is 542 g/mol. The molecule has 3 fully saturated rings. The molecule has 0 saturated heterocycles. The fraction of sp³-hybridized carbons (Fsp3) is 0.889. The summed E-state index contributed by atoms with van der Waals surface area (Å²) in [6, 6.07) is 0. The van der Waals surface area contributed by atoms with Gasteiger partial charge in [0.05, 0.1) is 37.3 Å². The molecular formula is C27H43O9P-2. The van der Waals surface area contributed by atoms with Gasteiger partial charge in [-0.1, -0.05) is 20.8 Å². The quantitative estimate of drug-likeness (QED) is 0.349. The van der Waals surface area contributed by atoms with Crippen LogP contribution in [0.5, 0.6) is 0 Å². The predicted octanol–water partition coefficient (Wildman–Crippen LogP) is 1.59. The fourth-order valence-corrected chi connectivity index (χ4v) is 9.22. The molecule has 0 heterocycles. The minimum atomic E-state index is -5.29. The molecule has 10 atom stereocenters. The summed E-state index contributed by atoms with van der Waals surface area (Å²) in [6.45, 7) is 9.04. The number of carbonyl (C=O) groups is 1. The lowest BCUT2D eigenvalue weighted by Crippen LogP contribution is -2.61. The minimum Gasteiger partial charge on any atom is -0.790 e. The van der Waals surface area contributed by atoms with Crippen molar-refractivity contribution in [3.63, 3.8) is 0 Å². The Kier molecular flexibility index (Phi) is 7.52. The zero-order valence-electron chi connectivity index (χ0n) is 22.6. The van der Waals surface area contributed by atoms with E-state index >= 15 is 0 Å². The van der Waals surface area contributed by atoms with Crippen molar-refractivity contribution in [2.45, 2.75) is 115 Å². The van der Waals surface area contributed by atoms with Gasteiger partial charge in [-0.15, -0.1) is 0 Å². The third-order valence-corrected chi connectivity index (χ3v) is 11.2. The number of aliphatic hydroxyl groups is 4. The first kappa shape index (κ1) is 29.3. The lowest BCUT2D eigenvalue weighted by Gasteiger charge is -2.60. The number of aliphatic hydroxyl groups excluding tert-OH is 2. The molecule has 9 nitrogen and oxygen atoms in total. The summed E-state index contributed by atoms with van der Waals surface area (Å²) in [7, 11) is -5.29. The molecule has 4 rings (SSSR count). The van der Waals surface area contributed by atoms with Crippen LogP contribution < -0.4 is 9.79 Å². The number of rotatable bonds is 7. The highest BCUT2D eigenvalue weighted by Gasteiger charge is 2.67. The summed E-state index contributed by atoms with van der Waals surface area (Å²) in [4.78, 5) is 36.5. The van der Waals surface area contributed by atoms with Crippen molar-refractivity contribution >= 4 is 13.6 Å². The number of phosphoric ester groups is 1. The summed E-state index contributed by atoms with van der Waals surface area (Å²) in [5.74, 6) is -1.23. The maximum absolute atomic E-state index is 13.3. The van der Waals surface area contributed by atoms with Crippen molar-refractivity contribution < 1.29 is 44.1 Å². The van der Waals surface area contributed by atoms with Gasteiger partial charge in [0.1, 0.15) is 0 Å². The first-order valence-electron chi connectivity index (χ1n) is 13.6. The number of carbonyl (C=O) groups excluding carboxylic acids is 1. The van der Waals surface area contributed by atoms with Gasteiger partial charge < -0.3 is 39.3 Å². The Hall–Kier alpha value is -0.640. The molecule has 0 aliphatic heterocycles. The van der Waals surface area contributed by atoms with Crippen molar-refractivity contribution in [2.24, 2.45) is 34.5 Å². The highest BCUT2D eigenvalue weighted by molar-refractivity contribution is 7.43. The highest BCUT2D eigenvalue weighted by Crippen LogP contribution is 2.68. The fourth-order valence-electron chi connectivity index (χ4n) is 8.59. The first-order valence-corrected chi connectivity index (χ1v) is 15.1. The van der Waals surface area contributed by atoms with Crippen LogP contribution in [0.2, 0.25) is 0 Å². The molecule has 37 heavy (non-hydrogen) atoms. The van der Waals surface area contributed by atoms with Crippen LogP contribution in [0, 0.1) is 34.5 Å². The van der Waals surface area contributed by atoms with Gasteiger partial charge in [0, 0.05) is 11.3 Å². The van der Waals surface area contributed by atoms with Crippen LogP contribution in [-0.2, 0) is 13.9 Å². The molecule has 0 unspecified atom stereocenters. The second-order valence-electron chi connectivity index (χ2n) is 13.5. The average Bonchev–Trinajstić information content (AvgIpc) is 3.03. The summed E-state index contributed by atoms with van der Waals surface area (Å²) in [5.41, 5.74) is -2.92. The van der Waals surface area contributed by atoms with Crippen molar-refractivity contribution in [1.29, 1.82) is 0 Å². The van der Waals surface area contributed by atoms with Crippen LogP contribution in [0.1, 0.15) is 86.0 Å². The molecule has 0 aromatic carbocycles. The van der Waals surface area contributed by atoms with Crippen LogP contribution >= 0.6 is 7.82 Å². The van der Waals surface area contributed by atoms with Gasteiger partial charge in [0.25, 0.3) is 0 Å². The van der Waals surface area contributed by atoms with Gasteiger partial charge in [-0.2, -0.15) is 0 Å². The maximum atomic E-state index is 13.3. The number of fused-ring (bicyclic) bond motifs is 5. The van der Waals surface area contributed by atoms with Crippen molar-refractivity contribution in [3.8, 4) is 0 Å². The van der Waals surface area contributed by atoms with E-state index in [-0.39, 0.29) is 43.3 Å². The molecule has 0 radical (unpaired) electrons. The van der Waals surface area contributed by atoms with Gasteiger partial charge in [0.2, 0.25) is 0 Å². The molecule has 4 N–H and O–H groups in total. The largest absolute Gasteiger partial charge is 0.790 e. The molecule has 10 heteroatoms. The predicted molar refractivity (Wildman–Crippen MR) is 132 cm³/mol. The number of hydrogen-bond acceptors (Lipinski definition) is 9. The van der Waals surface area contributed by atoms with Crippen LogP contribution in [-0.4, -0.2) is 55.7 Å². The third kappa shape index (κ3) is 5.04. The summed E-state index contributed by atoms with van der Waals surface area (Å²) >= 11 is 0. The van der Waals surface area contributed by atoms with Crippen molar-refractivity contribution in [3.05, 3.63) is 11.6 Å². The molecule has 212 valence electrons. The van der Waals surface area contributed by atoms with Crippen LogP contribution in [0.4, 0.5) is 0 Å². The van der Waals surface area contributed by atoms with Gasteiger partial charge >= 0.3 is 0 Å². The lowest BCUT2D eigenvalue weighted by atomic mass is 9.46. The van der Waals surface area contributed by atoms with E-state index in [4.69, 9.17) is 4.52 Å². The molecule has 0 aromatic heterocycles. The SMILES string of the molecule is C[C@@H]([C@H]1CC[C@@]2(O)C3=CC(=O)[C@@H]4C[C@@H](O)[C@@H](O)C[C@]4(C)[C@H]3CC[C@]12C)[C@@H](CCC(C)(C)O)OP(=O)([O-])[O-]. The van der Waals surface area contributed by atoms with E-state index in [0.29, 0.717) is 31.3 Å². The maximum Gasteiger partial charge on any atom is 0.159 e. The number of allylic oxidation sites excluding steroid dienone is 1. The van der Waals surface area contributed by atoms with Gasteiger partial charge in [0.15, 0.2) is 5.78 Å². The Balaban J connectivity index is 1.66. The molecule has 4 aliphatic carbocycles. The van der Waals surface area contributed by atoms with Crippen LogP contribution in [0.3, 0.4) is 0 Å². The molecule has 0 aromatic rings. The van der Waals surface area contributed by atoms with E-state index in [1.165, 1.54) is 0 Å². The average molecular weight is 543 g/mol. The van der Waals surface area contributed by atoms with Gasteiger partial charge in [-0.05, 0) is 100 Å². The highest BCUT2D eigenvalue weighted by atomic mass is 31.2. The molecule has 0 bridgehead atoms. The standard InChI is InChI=1S/C27H45O9P/c1-15(23(36-37(33,34)35)8-9-24(2,3)31)16-7-11-27(32)18-12-20(28)19-13-21(29)22(30)14-25(19,4)17(18)6-10-26(16,27)5/h12,15-17,19,21-23,29-32H,6-11,13-14H2,1-5H3,(H2,33,34,35)/p-2/t15-,16+,17-,19-,21+,22-,23+,25+,26+,27+/m0/s1. The van der Waals surface area contributed by atoms with E-state index in [1.54, 1.807) is 19.9 Å². The van der Waals surface area contributed by atoms with Crippen LogP contribution in [0.15, 0.2) is 11.6 Å². The molecule has 4 aliphatic rings. The normalized spacial score (nSPS) is 43.9. The second-order valence-corrected chi connectivity index (χ2v) is 14.6. The number of hydrogen-bond donors (Lipinski definition) is 4.